The summed E-state index contributed by atoms with van der Waals surface area (Å²) in [6.45, 7) is 4.24. The Morgan fingerprint density at radius 2 is 1.97 bits per heavy atom. The summed E-state index contributed by atoms with van der Waals surface area (Å²) in [5, 5.41) is 13.3. The van der Waals surface area contributed by atoms with Crippen LogP contribution in [-0.4, -0.2) is 59.9 Å². The second kappa shape index (κ2) is 8.89. The number of halogens is 1. The number of carbonyl (C=O) groups is 2. The molecule has 1 spiro atoms. The first kappa shape index (κ1) is 24.0. The van der Waals surface area contributed by atoms with E-state index in [9.17, 15) is 14.7 Å². The number of benzene rings is 1. The third-order valence-electron chi connectivity index (χ3n) is 9.83. The van der Waals surface area contributed by atoms with Gasteiger partial charge < -0.3 is 19.6 Å². The zero-order valence-electron chi connectivity index (χ0n) is 21.2. The van der Waals surface area contributed by atoms with Crippen molar-refractivity contribution in [1.29, 1.82) is 0 Å². The number of amides is 2. The first-order valence-electron chi connectivity index (χ1n) is 13.8. The maximum atomic E-state index is 15.2. The van der Waals surface area contributed by atoms with E-state index < -0.39 is 17.3 Å². The molecule has 0 radical (unpaired) electrons. The van der Waals surface area contributed by atoms with Gasteiger partial charge in [-0.2, -0.15) is 0 Å². The number of rotatable bonds is 5. The zero-order valence-corrected chi connectivity index (χ0v) is 21.2. The van der Waals surface area contributed by atoms with Gasteiger partial charge in [0.05, 0.1) is 23.8 Å². The molecule has 7 nitrogen and oxygen atoms in total. The van der Waals surface area contributed by atoms with E-state index >= 15 is 4.39 Å². The van der Waals surface area contributed by atoms with E-state index in [1.807, 2.05) is 11.8 Å². The molecule has 4 bridgehead atoms. The topological polar surface area (TPSA) is 82.1 Å². The fourth-order valence-corrected chi connectivity index (χ4v) is 8.46. The third kappa shape index (κ3) is 3.87. The second-order valence-electron chi connectivity index (χ2n) is 12.1. The normalized spacial score (nSPS) is 37.1. The predicted molar refractivity (Wildman–Crippen MR) is 134 cm³/mol. The fraction of sp³-hybridized carbons (Fsp3) is 0.714. The van der Waals surface area contributed by atoms with Gasteiger partial charge in [-0.25, -0.2) is 9.18 Å². The van der Waals surface area contributed by atoms with Crippen molar-refractivity contribution < 1.29 is 23.8 Å². The molecule has 4 aliphatic carbocycles. The maximum Gasteiger partial charge on any atom is 0.411 e. The number of ether oxygens (including phenoxy) is 1. The Bertz CT molecular complexity index is 1030. The van der Waals surface area contributed by atoms with Crippen LogP contribution in [0, 0.1) is 29.0 Å². The number of aliphatic hydroxyl groups excluding tert-OH is 1. The molecule has 6 fully saturated rings. The highest BCUT2D eigenvalue weighted by atomic mass is 19.1. The van der Waals surface area contributed by atoms with Gasteiger partial charge in [0.1, 0.15) is 5.82 Å². The summed E-state index contributed by atoms with van der Waals surface area (Å²) in [5.41, 5.74) is 0.291. The first-order chi connectivity index (χ1) is 17.3. The van der Waals surface area contributed by atoms with Crippen LogP contribution in [0.5, 0.6) is 0 Å². The standard InChI is InChI=1S/C28H38FN3O4/c1-2-10-36-26(35)30-21-4-5-23(22(29)13-21)31-8-3-6-27(17-31)7-9-32(25(27)34)28-14-18-11-19(15-28)24(33)20(12-18)16-28/h4-5,13,18-20,24,33H,2-3,6-12,14-17H2,1H3,(H,30,35). The molecule has 2 heterocycles. The van der Waals surface area contributed by atoms with Crippen LogP contribution in [0.15, 0.2) is 18.2 Å². The molecule has 1 aromatic carbocycles. The molecule has 2 aliphatic heterocycles. The molecule has 3 unspecified atom stereocenters. The van der Waals surface area contributed by atoms with Crippen LogP contribution in [0.2, 0.25) is 0 Å². The van der Waals surface area contributed by atoms with Crippen LogP contribution in [0.4, 0.5) is 20.6 Å². The molecular weight excluding hydrogens is 461 g/mol. The summed E-state index contributed by atoms with van der Waals surface area (Å²) in [4.78, 5) is 30.1. The Hall–Kier alpha value is -2.35. The summed E-state index contributed by atoms with van der Waals surface area (Å²) in [5.74, 6) is 1.16. The van der Waals surface area contributed by atoms with Gasteiger partial charge in [-0.3, -0.25) is 10.1 Å². The molecule has 1 aromatic rings. The Labute approximate surface area is 212 Å². The molecule has 4 saturated carbocycles. The third-order valence-corrected chi connectivity index (χ3v) is 9.83. The van der Waals surface area contributed by atoms with Crippen molar-refractivity contribution in [3.05, 3.63) is 24.0 Å². The smallest absolute Gasteiger partial charge is 0.411 e. The molecule has 8 heteroatoms. The van der Waals surface area contributed by atoms with Crippen LogP contribution in [0.1, 0.15) is 64.7 Å². The zero-order chi connectivity index (χ0) is 25.1. The van der Waals surface area contributed by atoms with Gasteiger partial charge in [-0.15, -0.1) is 0 Å². The van der Waals surface area contributed by atoms with Gasteiger partial charge in [0.25, 0.3) is 0 Å². The molecule has 36 heavy (non-hydrogen) atoms. The highest BCUT2D eigenvalue weighted by Crippen LogP contribution is 2.59. The van der Waals surface area contributed by atoms with Crippen molar-refractivity contribution in [2.75, 3.05) is 36.5 Å². The SMILES string of the molecule is CCCOC(=O)Nc1ccc(N2CCCC3(CCN(C45CC6CC(C4)C(O)C(C6)C5)C3=O)C2)c(F)c1. The summed E-state index contributed by atoms with van der Waals surface area (Å²) in [6, 6.07) is 4.71. The number of likely N-dealkylation sites (tertiary alicyclic amines) is 1. The minimum absolute atomic E-state index is 0.0798. The van der Waals surface area contributed by atoms with Crippen LogP contribution >= 0.6 is 0 Å². The van der Waals surface area contributed by atoms with E-state index in [2.05, 4.69) is 10.2 Å². The minimum Gasteiger partial charge on any atom is -0.449 e. The second-order valence-corrected chi connectivity index (χ2v) is 12.1. The largest absolute Gasteiger partial charge is 0.449 e. The highest BCUT2D eigenvalue weighted by Gasteiger charge is 2.62. The average Bonchev–Trinajstić information content (AvgIpc) is 3.16. The molecule has 2 N–H and O–H groups in total. The number of nitrogens with zero attached hydrogens (tertiary/aromatic N) is 2. The van der Waals surface area contributed by atoms with Crippen molar-refractivity contribution >= 4 is 23.4 Å². The van der Waals surface area contributed by atoms with Crippen LogP contribution < -0.4 is 10.2 Å². The number of hydrogen-bond acceptors (Lipinski definition) is 5. The summed E-state index contributed by atoms with van der Waals surface area (Å²) < 4.78 is 20.2. The Balaban J connectivity index is 1.17. The minimum atomic E-state index is -0.588. The van der Waals surface area contributed by atoms with E-state index in [4.69, 9.17) is 4.74 Å². The van der Waals surface area contributed by atoms with E-state index in [0.29, 0.717) is 48.8 Å². The average molecular weight is 500 g/mol. The Morgan fingerprint density at radius 3 is 2.69 bits per heavy atom. The monoisotopic (exact) mass is 499 g/mol. The fourth-order valence-electron chi connectivity index (χ4n) is 8.46. The van der Waals surface area contributed by atoms with Gasteiger partial charge in [0.2, 0.25) is 5.91 Å². The van der Waals surface area contributed by atoms with Crippen molar-refractivity contribution in [3.8, 4) is 0 Å². The van der Waals surface area contributed by atoms with Gasteiger partial charge in [0.15, 0.2) is 0 Å². The van der Waals surface area contributed by atoms with Gasteiger partial charge in [-0.1, -0.05) is 6.92 Å². The van der Waals surface area contributed by atoms with Crippen molar-refractivity contribution in [1.82, 2.24) is 4.90 Å². The maximum absolute atomic E-state index is 15.2. The Kier molecular flexibility index (Phi) is 5.93. The molecule has 2 amide bonds. The molecule has 6 aliphatic rings. The first-order valence-corrected chi connectivity index (χ1v) is 13.8. The lowest BCUT2D eigenvalue weighted by molar-refractivity contribution is -0.167. The summed E-state index contributed by atoms with van der Waals surface area (Å²) >= 11 is 0. The molecule has 3 atom stereocenters. The Morgan fingerprint density at radius 1 is 1.19 bits per heavy atom. The van der Waals surface area contributed by atoms with Crippen molar-refractivity contribution in [3.63, 3.8) is 0 Å². The van der Waals surface area contributed by atoms with Gasteiger partial charge in [-0.05, 0) is 93.7 Å². The lowest BCUT2D eigenvalue weighted by Crippen LogP contribution is -2.65. The lowest BCUT2D eigenvalue weighted by Gasteiger charge is -2.61. The van der Waals surface area contributed by atoms with Crippen LogP contribution in [-0.2, 0) is 9.53 Å². The quantitative estimate of drug-likeness (QED) is 0.622. The van der Waals surface area contributed by atoms with Crippen LogP contribution in [0.25, 0.3) is 0 Å². The molecule has 0 aromatic heterocycles. The van der Waals surface area contributed by atoms with E-state index in [0.717, 1.165) is 64.3 Å². The van der Waals surface area contributed by atoms with E-state index in [-0.39, 0.29) is 17.6 Å². The summed E-state index contributed by atoms with van der Waals surface area (Å²) in [6.07, 6.45) is 7.64. The van der Waals surface area contributed by atoms with Crippen LogP contribution in [0.3, 0.4) is 0 Å². The van der Waals surface area contributed by atoms with Crippen molar-refractivity contribution in [2.45, 2.75) is 76.4 Å². The number of aliphatic hydroxyl groups is 1. The molecule has 2 saturated heterocycles. The number of carbonyl (C=O) groups excluding carboxylic acids is 2. The molecule has 7 rings (SSSR count). The van der Waals surface area contributed by atoms with E-state index in [1.165, 1.54) is 6.07 Å². The van der Waals surface area contributed by atoms with E-state index in [1.54, 1.807) is 12.1 Å². The number of nitrogens with one attached hydrogen (secondary N) is 1. The van der Waals surface area contributed by atoms with Gasteiger partial charge >= 0.3 is 6.09 Å². The number of anilines is 2. The summed E-state index contributed by atoms with van der Waals surface area (Å²) in [7, 11) is 0. The number of piperidine rings is 1. The number of hydrogen-bond donors (Lipinski definition) is 2. The van der Waals surface area contributed by atoms with Crippen molar-refractivity contribution in [2.24, 2.45) is 23.2 Å². The van der Waals surface area contributed by atoms with Gasteiger partial charge in [0, 0.05) is 30.9 Å². The molecular formula is C28H38FN3O4. The highest BCUT2D eigenvalue weighted by molar-refractivity contribution is 5.87. The molecule has 196 valence electrons. The predicted octanol–water partition coefficient (Wildman–Crippen LogP) is 4.54. The lowest BCUT2D eigenvalue weighted by atomic mass is 9.51.